The van der Waals surface area contributed by atoms with Crippen molar-refractivity contribution in [1.29, 1.82) is 0 Å². The fourth-order valence-corrected chi connectivity index (χ4v) is 2.60. The van der Waals surface area contributed by atoms with Crippen molar-refractivity contribution in [3.63, 3.8) is 0 Å². The Bertz CT molecular complexity index is 795. The summed E-state index contributed by atoms with van der Waals surface area (Å²) in [6.45, 7) is 3.85. The van der Waals surface area contributed by atoms with Gasteiger partial charge >= 0.3 is 0 Å². The number of carbonyl (C=O) groups excluding carboxylic acids is 1. The molecule has 110 valence electrons. The van der Waals surface area contributed by atoms with Gasteiger partial charge in [0.2, 0.25) is 0 Å². The molecule has 2 rings (SSSR count). The molecule has 0 unspecified atom stereocenters. The summed E-state index contributed by atoms with van der Waals surface area (Å²) in [4.78, 5) is 12.4. The number of rotatable bonds is 3. The zero-order valence-electron chi connectivity index (χ0n) is 12.2. The molecule has 0 atom stereocenters. The quantitative estimate of drug-likeness (QED) is 0.948. The van der Waals surface area contributed by atoms with E-state index in [-0.39, 0.29) is 10.8 Å². The normalized spacial score (nSPS) is 11.2. The molecular formula is C16H17NO3S. The maximum Gasteiger partial charge on any atom is 0.255 e. The monoisotopic (exact) mass is 303 g/mol. The number of amides is 1. The Morgan fingerprint density at radius 1 is 1.05 bits per heavy atom. The topological polar surface area (TPSA) is 63.2 Å². The van der Waals surface area contributed by atoms with Crippen LogP contribution in [0.25, 0.3) is 0 Å². The first-order valence-electron chi connectivity index (χ1n) is 6.46. The minimum absolute atomic E-state index is 0.135. The minimum Gasteiger partial charge on any atom is -0.322 e. The van der Waals surface area contributed by atoms with E-state index in [0.717, 1.165) is 23.1 Å². The summed E-state index contributed by atoms with van der Waals surface area (Å²) in [5.74, 6) is -0.325. The summed E-state index contributed by atoms with van der Waals surface area (Å²) >= 11 is 0. The van der Waals surface area contributed by atoms with Crippen LogP contribution in [0.4, 0.5) is 5.69 Å². The van der Waals surface area contributed by atoms with Crippen LogP contribution in [-0.4, -0.2) is 20.6 Å². The summed E-state index contributed by atoms with van der Waals surface area (Å²) < 4.78 is 23.1. The van der Waals surface area contributed by atoms with Gasteiger partial charge in [0.15, 0.2) is 9.84 Å². The molecule has 0 saturated carbocycles. The van der Waals surface area contributed by atoms with Crippen LogP contribution in [0.2, 0.25) is 0 Å². The Balaban J connectivity index is 2.31. The molecule has 0 aliphatic carbocycles. The molecule has 5 heteroatoms. The first kappa shape index (κ1) is 15.3. The van der Waals surface area contributed by atoms with Gasteiger partial charge < -0.3 is 5.32 Å². The van der Waals surface area contributed by atoms with Gasteiger partial charge in [0.05, 0.1) is 4.90 Å². The molecule has 4 nitrogen and oxygen atoms in total. The van der Waals surface area contributed by atoms with Gasteiger partial charge in [-0.3, -0.25) is 4.79 Å². The van der Waals surface area contributed by atoms with E-state index < -0.39 is 9.84 Å². The minimum atomic E-state index is -3.33. The van der Waals surface area contributed by atoms with Crippen molar-refractivity contribution in [1.82, 2.24) is 0 Å². The molecule has 1 N–H and O–H groups in total. The summed E-state index contributed by atoms with van der Waals surface area (Å²) in [7, 11) is -3.33. The number of benzene rings is 2. The summed E-state index contributed by atoms with van der Waals surface area (Å²) in [5, 5.41) is 2.81. The Morgan fingerprint density at radius 3 is 2.43 bits per heavy atom. The van der Waals surface area contributed by atoms with Crippen LogP contribution in [0.1, 0.15) is 21.5 Å². The number of sulfone groups is 1. The van der Waals surface area contributed by atoms with Gasteiger partial charge in [-0.1, -0.05) is 18.2 Å². The second-order valence-corrected chi connectivity index (χ2v) is 7.09. The highest BCUT2D eigenvalue weighted by molar-refractivity contribution is 7.90. The molecule has 0 spiro atoms. The van der Waals surface area contributed by atoms with Crippen molar-refractivity contribution >= 4 is 21.4 Å². The molecule has 0 radical (unpaired) electrons. The van der Waals surface area contributed by atoms with Gasteiger partial charge in [-0.15, -0.1) is 0 Å². The van der Waals surface area contributed by atoms with Crippen molar-refractivity contribution in [3.8, 4) is 0 Å². The van der Waals surface area contributed by atoms with Crippen molar-refractivity contribution in [3.05, 3.63) is 59.2 Å². The van der Waals surface area contributed by atoms with E-state index in [1.54, 1.807) is 12.1 Å². The van der Waals surface area contributed by atoms with Gasteiger partial charge in [-0.05, 0) is 49.2 Å². The molecule has 0 aliphatic heterocycles. The molecule has 2 aromatic carbocycles. The molecule has 1 amide bonds. The fraction of sp³-hybridized carbons (Fsp3) is 0.188. The largest absolute Gasteiger partial charge is 0.322 e. The molecular weight excluding hydrogens is 286 g/mol. The van der Waals surface area contributed by atoms with Crippen LogP contribution in [0.5, 0.6) is 0 Å². The van der Waals surface area contributed by atoms with Gasteiger partial charge in [0.25, 0.3) is 5.91 Å². The molecule has 0 aromatic heterocycles. The summed E-state index contributed by atoms with van der Waals surface area (Å²) in [6.07, 6.45) is 1.12. The van der Waals surface area contributed by atoms with Crippen LogP contribution in [0.15, 0.2) is 47.4 Å². The summed E-state index contributed by atoms with van der Waals surface area (Å²) in [6, 6.07) is 11.8. The maximum absolute atomic E-state index is 12.3. The standard InChI is InChI=1S/C16H17NO3S/c1-11-7-8-12(2)15(9-11)17-16(18)13-5-4-6-14(10-13)21(3,19)20/h4-10H,1-3H3,(H,17,18). The number of nitrogens with one attached hydrogen (secondary N) is 1. The van der Waals surface area contributed by atoms with Crippen molar-refractivity contribution < 1.29 is 13.2 Å². The van der Waals surface area contributed by atoms with E-state index >= 15 is 0 Å². The van der Waals surface area contributed by atoms with Gasteiger partial charge in [-0.25, -0.2) is 8.42 Å². The average Bonchev–Trinajstić information content (AvgIpc) is 2.42. The third kappa shape index (κ3) is 3.70. The highest BCUT2D eigenvalue weighted by Gasteiger charge is 2.12. The fourth-order valence-electron chi connectivity index (χ4n) is 1.93. The maximum atomic E-state index is 12.3. The van der Waals surface area contributed by atoms with E-state index in [1.807, 2.05) is 32.0 Å². The number of aryl methyl sites for hydroxylation is 2. The van der Waals surface area contributed by atoms with Gasteiger partial charge in [-0.2, -0.15) is 0 Å². The van der Waals surface area contributed by atoms with Crippen LogP contribution in [0, 0.1) is 13.8 Å². The van der Waals surface area contributed by atoms with Gasteiger partial charge in [0, 0.05) is 17.5 Å². The molecule has 0 saturated heterocycles. The predicted octanol–water partition coefficient (Wildman–Crippen LogP) is 2.96. The third-order valence-corrected chi connectivity index (χ3v) is 4.28. The van der Waals surface area contributed by atoms with E-state index in [9.17, 15) is 13.2 Å². The lowest BCUT2D eigenvalue weighted by Gasteiger charge is -2.10. The van der Waals surface area contributed by atoms with Crippen LogP contribution < -0.4 is 5.32 Å². The van der Waals surface area contributed by atoms with Gasteiger partial charge in [0.1, 0.15) is 0 Å². The third-order valence-electron chi connectivity index (χ3n) is 3.17. The molecule has 0 fully saturated rings. The number of hydrogen-bond donors (Lipinski definition) is 1. The van der Waals surface area contributed by atoms with Crippen LogP contribution in [0.3, 0.4) is 0 Å². The lowest BCUT2D eigenvalue weighted by atomic mass is 10.1. The zero-order chi connectivity index (χ0) is 15.6. The highest BCUT2D eigenvalue weighted by Crippen LogP contribution is 2.18. The molecule has 21 heavy (non-hydrogen) atoms. The van der Waals surface area contributed by atoms with Crippen LogP contribution in [-0.2, 0) is 9.84 Å². The molecule has 2 aromatic rings. The highest BCUT2D eigenvalue weighted by atomic mass is 32.2. The van der Waals surface area contributed by atoms with E-state index in [2.05, 4.69) is 5.32 Å². The second-order valence-electron chi connectivity index (χ2n) is 5.07. The Hall–Kier alpha value is -2.14. The van der Waals surface area contributed by atoms with Crippen LogP contribution >= 0.6 is 0 Å². The Labute approximate surface area is 124 Å². The molecule has 0 heterocycles. The molecule has 0 bridgehead atoms. The lowest BCUT2D eigenvalue weighted by Crippen LogP contribution is -2.13. The second kappa shape index (κ2) is 5.69. The van der Waals surface area contributed by atoms with E-state index in [1.165, 1.54) is 12.1 Å². The molecule has 0 aliphatic rings. The first-order chi connectivity index (χ1) is 9.77. The first-order valence-corrected chi connectivity index (χ1v) is 8.35. The zero-order valence-corrected chi connectivity index (χ0v) is 13.0. The van der Waals surface area contributed by atoms with E-state index in [4.69, 9.17) is 0 Å². The Morgan fingerprint density at radius 2 is 1.76 bits per heavy atom. The van der Waals surface area contributed by atoms with Crippen molar-refractivity contribution in [2.75, 3.05) is 11.6 Å². The SMILES string of the molecule is Cc1ccc(C)c(NC(=O)c2cccc(S(C)(=O)=O)c2)c1. The Kier molecular flexibility index (Phi) is 4.14. The average molecular weight is 303 g/mol. The summed E-state index contributed by atoms with van der Waals surface area (Å²) in [5.41, 5.74) is 3.04. The number of hydrogen-bond acceptors (Lipinski definition) is 3. The number of carbonyl (C=O) groups is 1. The van der Waals surface area contributed by atoms with Crippen molar-refractivity contribution in [2.45, 2.75) is 18.7 Å². The van der Waals surface area contributed by atoms with E-state index in [0.29, 0.717) is 5.56 Å². The number of anilines is 1. The predicted molar refractivity (Wildman–Crippen MR) is 83.4 cm³/mol. The lowest BCUT2D eigenvalue weighted by molar-refractivity contribution is 0.102. The smallest absolute Gasteiger partial charge is 0.255 e. The van der Waals surface area contributed by atoms with Crippen molar-refractivity contribution in [2.24, 2.45) is 0 Å².